The molecule has 5 heteroatoms. The minimum atomic E-state index is -0.494. The highest BCUT2D eigenvalue weighted by atomic mass is 16.2. The Kier molecular flexibility index (Phi) is 1.55. The van der Waals surface area contributed by atoms with Gasteiger partial charge in [0.1, 0.15) is 0 Å². The van der Waals surface area contributed by atoms with E-state index in [1.807, 2.05) is 0 Å². The smallest absolute Gasteiger partial charge is 0.330 e. The van der Waals surface area contributed by atoms with Crippen LogP contribution in [0.25, 0.3) is 0 Å². The average Bonchev–Trinajstić information content (AvgIpc) is 1.90. The molecule has 1 rings (SSSR count). The van der Waals surface area contributed by atoms with Crippen molar-refractivity contribution in [2.75, 3.05) is 6.54 Å². The molecular formula is C4H8N4O. The fourth-order valence-corrected chi connectivity index (χ4v) is 0.523. The summed E-state index contributed by atoms with van der Waals surface area (Å²) in [6.07, 6.45) is 3.47. The Bertz CT molecular complexity index is 144. The van der Waals surface area contributed by atoms with Crippen molar-refractivity contribution in [2.45, 2.75) is 0 Å². The van der Waals surface area contributed by atoms with Gasteiger partial charge in [-0.15, -0.1) is 5.53 Å². The number of amides is 2. The van der Waals surface area contributed by atoms with E-state index in [9.17, 15) is 4.79 Å². The van der Waals surface area contributed by atoms with Gasteiger partial charge in [-0.25, -0.2) is 9.80 Å². The molecular weight excluding hydrogens is 120 g/mol. The van der Waals surface area contributed by atoms with Crippen LogP contribution in [0.5, 0.6) is 0 Å². The molecule has 0 spiro atoms. The highest BCUT2D eigenvalue weighted by Gasteiger charge is 2.06. The molecule has 0 aliphatic carbocycles. The molecule has 1 aliphatic heterocycles. The second kappa shape index (κ2) is 2.36. The van der Waals surface area contributed by atoms with Gasteiger partial charge in [0.05, 0.1) is 6.54 Å². The number of hydrogen-bond acceptors (Lipinski definition) is 3. The van der Waals surface area contributed by atoms with Gasteiger partial charge in [-0.2, -0.15) is 0 Å². The number of rotatable bonds is 0. The van der Waals surface area contributed by atoms with Gasteiger partial charge in [0.2, 0.25) is 0 Å². The van der Waals surface area contributed by atoms with Crippen molar-refractivity contribution in [1.29, 1.82) is 0 Å². The predicted molar refractivity (Wildman–Crippen MR) is 31.7 cm³/mol. The van der Waals surface area contributed by atoms with Crippen molar-refractivity contribution in [3.05, 3.63) is 12.3 Å². The number of carbonyl (C=O) groups excluding carboxylic acids is 1. The largest absolute Gasteiger partial charge is 0.350 e. The zero-order chi connectivity index (χ0) is 6.69. The SMILES string of the molecule is NC(=O)N1CC=CNN1. The standard InChI is InChI=1S/C4H8N4O/c5-4(9)8-3-1-2-6-7-8/h1-2,6-7H,3H2,(H2,5,9). The van der Waals surface area contributed by atoms with Crippen LogP contribution in [0.2, 0.25) is 0 Å². The van der Waals surface area contributed by atoms with E-state index in [0.717, 1.165) is 0 Å². The van der Waals surface area contributed by atoms with Gasteiger partial charge in [-0.05, 0) is 6.08 Å². The van der Waals surface area contributed by atoms with Gasteiger partial charge in [0.15, 0.2) is 0 Å². The molecule has 0 saturated carbocycles. The highest BCUT2D eigenvalue weighted by Crippen LogP contribution is 1.84. The van der Waals surface area contributed by atoms with E-state index < -0.39 is 6.03 Å². The number of nitrogens with zero attached hydrogens (tertiary/aromatic N) is 1. The van der Waals surface area contributed by atoms with E-state index in [4.69, 9.17) is 5.73 Å². The summed E-state index contributed by atoms with van der Waals surface area (Å²) in [5.41, 5.74) is 10.1. The topological polar surface area (TPSA) is 70.4 Å². The number of nitrogens with two attached hydrogens (primary N) is 1. The Hall–Kier alpha value is -1.23. The van der Waals surface area contributed by atoms with Gasteiger partial charge in [-0.3, -0.25) is 0 Å². The van der Waals surface area contributed by atoms with Gasteiger partial charge >= 0.3 is 6.03 Å². The highest BCUT2D eigenvalue weighted by molar-refractivity contribution is 5.71. The second-order valence-electron chi connectivity index (χ2n) is 1.61. The minimum absolute atomic E-state index is 0.494. The second-order valence-corrected chi connectivity index (χ2v) is 1.61. The molecule has 0 fully saturated rings. The molecule has 0 radical (unpaired) electrons. The van der Waals surface area contributed by atoms with Crippen LogP contribution in [0.3, 0.4) is 0 Å². The Morgan fingerprint density at radius 2 is 2.56 bits per heavy atom. The first-order chi connectivity index (χ1) is 4.30. The van der Waals surface area contributed by atoms with Crippen LogP contribution in [0.1, 0.15) is 0 Å². The summed E-state index contributed by atoms with van der Waals surface area (Å²) in [5, 5.41) is 1.25. The molecule has 1 heterocycles. The Balaban J connectivity index is 2.44. The molecule has 2 amide bonds. The summed E-state index contributed by atoms with van der Waals surface area (Å²) < 4.78 is 0. The van der Waals surface area contributed by atoms with E-state index in [1.54, 1.807) is 12.3 Å². The van der Waals surface area contributed by atoms with Gasteiger partial charge in [-0.1, -0.05) is 0 Å². The molecule has 0 unspecified atom stereocenters. The first-order valence-corrected chi connectivity index (χ1v) is 2.54. The van der Waals surface area contributed by atoms with Crippen LogP contribution < -0.4 is 16.7 Å². The van der Waals surface area contributed by atoms with Crippen molar-refractivity contribution in [2.24, 2.45) is 5.73 Å². The number of urea groups is 1. The lowest BCUT2D eigenvalue weighted by atomic mass is 10.5. The van der Waals surface area contributed by atoms with Gasteiger partial charge in [0, 0.05) is 6.20 Å². The third kappa shape index (κ3) is 1.33. The number of primary amides is 1. The first-order valence-electron chi connectivity index (χ1n) is 2.54. The normalized spacial score (nSPS) is 17.1. The van der Waals surface area contributed by atoms with Crippen LogP contribution in [-0.4, -0.2) is 17.6 Å². The molecule has 0 saturated heterocycles. The number of hydrogen-bond donors (Lipinski definition) is 3. The zero-order valence-corrected chi connectivity index (χ0v) is 4.79. The molecule has 4 N–H and O–H groups in total. The van der Waals surface area contributed by atoms with Crippen molar-refractivity contribution in [1.82, 2.24) is 16.0 Å². The van der Waals surface area contributed by atoms with Crippen LogP contribution in [0, 0.1) is 0 Å². The number of hydrazine groups is 2. The Labute approximate surface area is 52.4 Å². The molecule has 0 aromatic heterocycles. The monoisotopic (exact) mass is 128 g/mol. The van der Waals surface area contributed by atoms with Crippen LogP contribution >= 0.6 is 0 Å². The van der Waals surface area contributed by atoms with Crippen molar-refractivity contribution >= 4 is 6.03 Å². The molecule has 0 aromatic rings. The lowest BCUT2D eigenvalue weighted by molar-refractivity contribution is 0.173. The number of nitrogens with one attached hydrogen (secondary N) is 2. The molecule has 0 bridgehead atoms. The maximum Gasteiger partial charge on any atom is 0.330 e. The van der Waals surface area contributed by atoms with Gasteiger partial charge < -0.3 is 11.2 Å². The third-order valence-electron chi connectivity index (χ3n) is 0.955. The average molecular weight is 128 g/mol. The molecule has 0 atom stereocenters. The fourth-order valence-electron chi connectivity index (χ4n) is 0.523. The summed E-state index contributed by atoms with van der Waals surface area (Å²) in [4.78, 5) is 10.4. The summed E-state index contributed by atoms with van der Waals surface area (Å²) in [5.74, 6) is 0. The van der Waals surface area contributed by atoms with Gasteiger partial charge in [0.25, 0.3) is 0 Å². The summed E-state index contributed by atoms with van der Waals surface area (Å²) in [6.45, 7) is 0.502. The quantitative estimate of drug-likeness (QED) is 0.388. The fraction of sp³-hybridized carbons (Fsp3) is 0.250. The first kappa shape index (κ1) is 5.90. The minimum Gasteiger partial charge on any atom is -0.350 e. The van der Waals surface area contributed by atoms with Crippen LogP contribution in [-0.2, 0) is 0 Å². The summed E-state index contributed by atoms with van der Waals surface area (Å²) >= 11 is 0. The van der Waals surface area contributed by atoms with Crippen molar-refractivity contribution in [3.63, 3.8) is 0 Å². The molecule has 1 aliphatic rings. The van der Waals surface area contributed by atoms with Crippen LogP contribution in [0.4, 0.5) is 4.79 Å². The maximum absolute atomic E-state index is 10.4. The van der Waals surface area contributed by atoms with E-state index in [2.05, 4.69) is 11.0 Å². The van der Waals surface area contributed by atoms with Crippen molar-refractivity contribution in [3.8, 4) is 0 Å². The number of carbonyl (C=O) groups is 1. The molecule has 5 nitrogen and oxygen atoms in total. The van der Waals surface area contributed by atoms with Crippen molar-refractivity contribution < 1.29 is 4.79 Å². The lowest BCUT2D eigenvalue weighted by Gasteiger charge is -2.22. The summed E-state index contributed by atoms with van der Waals surface area (Å²) in [6, 6.07) is -0.494. The Morgan fingerprint density at radius 3 is 2.89 bits per heavy atom. The lowest BCUT2D eigenvalue weighted by Crippen LogP contribution is -2.52. The van der Waals surface area contributed by atoms with E-state index in [0.29, 0.717) is 6.54 Å². The molecule has 50 valence electrons. The molecule has 0 aromatic carbocycles. The third-order valence-corrected chi connectivity index (χ3v) is 0.955. The van der Waals surface area contributed by atoms with E-state index in [1.165, 1.54) is 5.01 Å². The molecule has 9 heavy (non-hydrogen) atoms. The van der Waals surface area contributed by atoms with Crippen LogP contribution in [0.15, 0.2) is 12.3 Å². The summed E-state index contributed by atoms with van der Waals surface area (Å²) in [7, 11) is 0. The predicted octanol–water partition coefficient (Wildman–Crippen LogP) is -1.10. The Morgan fingerprint density at radius 1 is 1.78 bits per heavy atom. The van der Waals surface area contributed by atoms with E-state index >= 15 is 0 Å². The zero-order valence-electron chi connectivity index (χ0n) is 4.79. The van der Waals surface area contributed by atoms with E-state index in [-0.39, 0.29) is 0 Å². The maximum atomic E-state index is 10.4.